The summed E-state index contributed by atoms with van der Waals surface area (Å²) < 4.78 is 5.43. The molecule has 0 saturated heterocycles. The van der Waals surface area contributed by atoms with E-state index in [1.165, 1.54) is 10.4 Å². The number of thiophene rings is 1. The number of hydrogen-bond acceptors (Lipinski definition) is 5. The highest BCUT2D eigenvalue weighted by atomic mass is 35.5. The van der Waals surface area contributed by atoms with Crippen molar-refractivity contribution in [2.24, 2.45) is 0 Å². The third-order valence-corrected chi connectivity index (χ3v) is 6.66. The molecule has 0 bridgehead atoms. The summed E-state index contributed by atoms with van der Waals surface area (Å²) in [5.74, 6) is 0.764. The molecule has 1 aliphatic rings. The molecular formula is C22H16ClN3OS. The molecule has 0 spiro atoms. The molecule has 2 aromatic heterocycles. The number of ether oxygens (including phenoxy) is 1. The van der Waals surface area contributed by atoms with E-state index in [1.54, 1.807) is 18.4 Å². The predicted octanol–water partition coefficient (Wildman–Crippen LogP) is 6.22. The van der Waals surface area contributed by atoms with Crippen molar-refractivity contribution in [1.29, 1.82) is 5.26 Å². The maximum Gasteiger partial charge on any atom is 0.119 e. The average Bonchev–Trinajstić information content (AvgIpc) is 3.27. The van der Waals surface area contributed by atoms with Gasteiger partial charge >= 0.3 is 0 Å². The topological polar surface area (TPSA) is 57.9 Å². The first kappa shape index (κ1) is 17.3. The van der Waals surface area contributed by atoms with E-state index >= 15 is 0 Å². The van der Waals surface area contributed by atoms with Crippen molar-refractivity contribution in [3.63, 3.8) is 0 Å². The lowest BCUT2D eigenvalue weighted by Gasteiger charge is -2.14. The van der Waals surface area contributed by atoms with Gasteiger partial charge in [0.05, 0.1) is 29.4 Å². The third-order valence-electron chi connectivity index (χ3n) is 5.21. The first-order valence-corrected chi connectivity index (χ1v) is 10.3. The van der Waals surface area contributed by atoms with E-state index in [2.05, 4.69) is 11.4 Å². The summed E-state index contributed by atoms with van der Waals surface area (Å²) in [6.07, 6.45) is 3.17. The second-order valence-corrected chi connectivity index (χ2v) is 8.37. The van der Waals surface area contributed by atoms with E-state index in [0.29, 0.717) is 5.02 Å². The zero-order valence-corrected chi connectivity index (χ0v) is 16.7. The van der Waals surface area contributed by atoms with Gasteiger partial charge in [0.1, 0.15) is 16.8 Å². The van der Waals surface area contributed by atoms with Crippen LogP contribution in [0, 0.1) is 11.3 Å². The number of fused-ring (bicyclic) bond motifs is 3. The van der Waals surface area contributed by atoms with Gasteiger partial charge in [-0.2, -0.15) is 5.26 Å². The maximum atomic E-state index is 9.76. The molecule has 0 atom stereocenters. The molecule has 0 radical (unpaired) electrons. The number of rotatable bonds is 3. The molecule has 28 heavy (non-hydrogen) atoms. The maximum absolute atomic E-state index is 9.76. The molecule has 0 amide bonds. The van der Waals surface area contributed by atoms with Crippen molar-refractivity contribution in [3.05, 3.63) is 57.4 Å². The van der Waals surface area contributed by atoms with Gasteiger partial charge in [-0.25, -0.2) is 4.98 Å². The summed E-state index contributed by atoms with van der Waals surface area (Å²) in [6, 6.07) is 13.9. The highest BCUT2D eigenvalue weighted by Crippen LogP contribution is 2.43. The average molecular weight is 406 g/mol. The van der Waals surface area contributed by atoms with E-state index < -0.39 is 0 Å². The molecule has 2 aromatic carbocycles. The van der Waals surface area contributed by atoms with E-state index in [9.17, 15) is 5.26 Å². The van der Waals surface area contributed by atoms with E-state index in [1.807, 2.05) is 36.4 Å². The van der Waals surface area contributed by atoms with Crippen LogP contribution in [0.2, 0.25) is 5.02 Å². The Morgan fingerprint density at radius 1 is 1.14 bits per heavy atom. The lowest BCUT2D eigenvalue weighted by molar-refractivity contribution is 0.415. The van der Waals surface area contributed by atoms with E-state index in [0.717, 1.165) is 63.1 Å². The molecule has 0 fully saturated rings. The number of hydrogen-bond donors (Lipinski definition) is 1. The van der Waals surface area contributed by atoms with Crippen molar-refractivity contribution in [2.75, 3.05) is 12.4 Å². The van der Waals surface area contributed by atoms with Crippen molar-refractivity contribution in [2.45, 2.75) is 19.3 Å². The van der Waals surface area contributed by atoms with E-state index in [-0.39, 0.29) is 0 Å². The molecule has 138 valence electrons. The third kappa shape index (κ3) is 2.69. The quantitative estimate of drug-likeness (QED) is 0.411. The van der Waals surface area contributed by atoms with E-state index in [4.69, 9.17) is 21.3 Å². The Labute approximate surface area is 171 Å². The zero-order valence-electron chi connectivity index (χ0n) is 15.2. The minimum absolute atomic E-state index is 0.645. The van der Waals surface area contributed by atoms with Gasteiger partial charge in [-0.3, -0.25) is 0 Å². The normalized spacial score (nSPS) is 12.9. The molecule has 4 aromatic rings. The number of benzene rings is 2. The smallest absolute Gasteiger partial charge is 0.119 e. The summed E-state index contributed by atoms with van der Waals surface area (Å²) in [5, 5.41) is 16.8. The van der Waals surface area contributed by atoms with Crippen LogP contribution < -0.4 is 10.1 Å². The number of nitrogens with one attached hydrogen (secondary N) is 1. The van der Waals surface area contributed by atoms with Gasteiger partial charge in [-0.15, -0.1) is 11.3 Å². The molecule has 0 unspecified atom stereocenters. The molecule has 2 heterocycles. The van der Waals surface area contributed by atoms with Crippen LogP contribution >= 0.6 is 22.9 Å². The molecule has 1 N–H and O–H groups in total. The second kappa shape index (κ2) is 6.66. The Morgan fingerprint density at radius 3 is 2.86 bits per heavy atom. The van der Waals surface area contributed by atoms with Gasteiger partial charge in [0.2, 0.25) is 0 Å². The first-order valence-electron chi connectivity index (χ1n) is 9.06. The van der Waals surface area contributed by atoms with Gasteiger partial charge in [0, 0.05) is 20.7 Å². The van der Waals surface area contributed by atoms with Crippen molar-refractivity contribution >= 4 is 55.4 Å². The van der Waals surface area contributed by atoms with Crippen LogP contribution in [-0.4, -0.2) is 12.1 Å². The summed E-state index contributed by atoms with van der Waals surface area (Å²) in [7, 11) is 1.65. The number of nitrogens with zero attached hydrogens (tertiary/aromatic N) is 2. The first-order chi connectivity index (χ1) is 13.7. The summed E-state index contributed by atoms with van der Waals surface area (Å²) in [6.45, 7) is 0. The number of nitriles is 1. The fourth-order valence-electron chi connectivity index (χ4n) is 3.88. The molecule has 1 aliphatic carbocycles. The predicted molar refractivity (Wildman–Crippen MR) is 115 cm³/mol. The Morgan fingerprint density at radius 2 is 2.04 bits per heavy atom. The summed E-state index contributed by atoms with van der Waals surface area (Å²) in [5.41, 5.74) is 4.56. The molecule has 6 heteroatoms. The lowest BCUT2D eigenvalue weighted by atomic mass is 10.1. The molecule has 5 rings (SSSR count). The standard InChI is InChI=1S/C22H16ClN3OS/c1-27-13-6-8-18-16(10-13)21(15-7-5-12(23)9-19(15)25-18)26-22-17(11-24)14-3-2-4-20(14)28-22/h5-10H,2-4H2,1H3,(H,25,26). The lowest BCUT2D eigenvalue weighted by Crippen LogP contribution is -1.96. The van der Waals surface area contributed by atoms with Crippen LogP contribution in [0.5, 0.6) is 5.75 Å². The summed E-state index contributed by atoms with van der Waals surface area (Å²) in [4.78, 5) is 6.09. The van der Waals surface area contributed by atoms with Crippen LogP contribution in [0.25, 0.3) is 21.8 Å². The Balaban J connectivity index is 1.78. The fourth-order valence-corrected chi connectivity index (χ4v) is 5.29. The van der Waals surface area contributed by atoms with Gasteiger partial charge in [-0.1, -0.05) is 11.6 Å². The number of pyridine rings is 1. The minimum atomic E-state index is 0.645. The zero-order chi connectivity index (χ0) is 19.3. The fraction of sp³-hybridized carbons (Fsp3) is 0.182. The Kier molecular flexibility index (Phi) is 4.12. The van der Waals surface area contributed by atoms with Crippen LogP contribution in [0.15, 0.2) is 36.4 Å². The molecular weight excluding hydrogens is 390 g/mol. The van der Waals surface area contributed by atoms with Gasteiger partial charge in [0.15, 0.2) is 0 Å². The SMILES string of the molecule is COc1ccc2nc3cc(Cl)ccc3c(Nc3sc4c(c3C#N)CCC4)c2c1. The van der Waals surface area contributed by atoms with Gasteiger partial charge < -0.3 is 10.1 Å². The Bertz CT molecular complexity index is 1290. The minimum Gasteiger partial charge on any atom is -0.497 e. The summed E-state index contributed by atoms with van der Waals surface area (Å²) >= 11 is 7.89. The van der Waals surface area contributed by atoms with Crippen LogP contribution in [-0.2, 0) is 12.8 Å². The van der Waals surface area contributed by atoms with Crippen molar-refractivity contribution in [3.8, 4) is 11.8 Å². The monoisotopic (exact) mass is 405 g/mol. The van der Waals surface area contributed by atoms with Crippen LogP contribution in [0.1, 0.15) is 22.4 Å². The second-order valence-electron chi connectivity index (χ2n) is 6.83. The number of methoxy groups -OCH3 is 1. The largest absolute Gasteiger partial charge is 0.497 e. The van der Waals surface area contributed by atoms with Crippen molar-refractivity contribution in [1.82, 2.24) is 4.98 Å². The van der Waals surface area contributed by atoms with Gasteiger partial charge in [-0.05, 0) is 61.2 Å². The molecule has 0 saturated carbocycles. The molecule has 4 nitrogen and oxygen atoms in total. The van der Waals surface area contributed by atoms with Crippen LogP contribution in [0.4, 0.5) is 10.7 Å². The number of anilines is 2. The number of aromatic nitrogens is 1. The molecule has 0 aliphatic heterocycles. The van der Waals surface area contributed by atoms with Crippen molar-refractivity contribution < 1.29 is 4.74 Å². The van der Waals surface area contributed by atoms with Crippen LogP contribution in [0.3, 0.4) is 0 Å². The number of aryl methyl sites for hydroxylation is 1. The van der Waals surface area contributed by atoms with Gasteiger partial charge in [0.25, 0.3) is 0 Å². The highest BCUT2D eigenvalue weighted by Gasteiger charge is 2.23. The Hall–Kier alpha value is -2.81. The highest BCUT2D eigenvalue weighted by molar-refractivity contribution is 7.16. The number of halogens is 1.